The van der Waals surface area contributed by atoms with Gasteiger partial charge < -0.3 is 15.3 Å². The van der Waals surface area contributed by atoms with Gasteiger partial charge in [-0.1, -0.05) is 17.7 Å². The molecule has 1 fully saturated rings. The first kappa shape index (κ1) is 16.6. The van der Waals surface area contributed by atoms with E-state index in [1.54, 1.807) is 0 Å². The number of amides is 2. The fraction of sp³-hybridized carbons (Fsp3) is 0.308. The molecule has 1 atom stereocenters. The average Bonchev–Trinajstić information content (AvgIpc) is 2.84. The summed E-state index contributed by atoms with van der Waals surface area (Å²) in [6.07, 6.45) is 0. The Balaban J connectivity index is 2.08. The molecule has 1 saturated heterocycles. The number of nitrogens with one attached hydrogen (secondary N) is 1. The van der Waals surface area contributed by atoms with Crippen molar-refractivity contribution in [3.05, 3.63) is 34.6 Å². The molecule has 0 bridgehead atoms. The van der Waals surface area contributed by atoms with Gasteiger partial charge in [0.2, 0.25) is 11.8 Å². The third kappa shape index (κ3) is 3.89. The quantitative estimate of drug-likeness (QED) is 0.838. The molecular formula is C13H12ClFN2O4S. The van der Waals surface area contributed by atoms with Gasteiger partial charge in [0.15, 0.2) is 6.04 Å². The van der Waals surface area contributed by atoms with E-state index in [2.05, 4.69) is 5.32 Å². The molecule has 1 heterocycles. The minimum atomic E-state index is -1.41. The number of nitrogens with zero attached hydrogens (tertiary/aromatic N) is 1. The zero-order chi connectivity index (χ0) is 16.3. The monoisotopic (exact) mass is 346 g/mol. The normalized spacial score (nSPS) is 15.7. The van der Waals surface area contributed by atoms with E-state index < -0.39 is 23.7 Å². The average molecular weight is 347 g/mol. The Morgan fingerprint density at radius 2 is 2.23 bits per heavy atom. The molecule has 9 heteroatoms. The van der Waals surface area contributed by atoms with Crippen LogP contribution in [0.1, 0.15) is 11.6 Å². The van der Waals surface area contributed by atoms with Crippen LogP contribution in [0.3, 0.4) is 0 Å². The van der Waals surface area contributed by atoms with Gasteiger partial charge in [0, 0.05) is 0 Å². The van der Waals surface area contributed by atoms with Crippen molar-refractivity contribution in [3.63, 3.8) is 0 Å². The van der Waals surface area contributed by atoms with Crippen molar-refractivity contribution in [2.75, 3.05) is 18.2 Å². The second-order valence-electron chi connectivity index (χ2n) is 4.58. The van der Waals surface area contributed by atoms with Crippen molar-refractivity contribution >= 4 is 41.1 Å². The number of halogens is 2. The molecule has 1 aliphatic rings. The Bertz CT molecular complexity index is 628. The van der Waals surface area contributed by atoms with Gasteiger partial charge in [-0.3, -0.25) is 9.59 Å². The number of carboxylic acids is 1. The number of benzene rings is 1. The Labute approximate surface area is 134 Å². The second kappa shape index (κ2) is 6.97. The third-order valence-electron chi connectivity index (χ3n) is 2.99. The maximum Gasteiger partial charge on any atom is 0.330 e. The van der Waals surface area contributed by atoms with E-state index >= 15 is 0 Å². The summed E-state index contributed by atoms with van der Waals surface area (Å²) in [6.45, 7) is -0.230. The van der Waals surface area contributed by atoms with Crippen molar-refractivity contribution in [1.82, 2.24) is 10.2 Å². The van der Waals surface area contributed by atoms with Crippen LogP contribution in [-0.2, 0) is 14.4 Å². The molecule has 6 nitrogen and oxygen atoms in total. The smallest absolute Gasteiger partial charge is 0.330 e. The van der Waals surface area contributed by atoms with Crippen molar-refractivity contribution in [2.24, 2.45) is 0 Å². The minimum absolute atomic E-state index is 0.0601. The summed E-state index contributed by atoms with van der Waals surface area (Å²) in [5, 5.41) is 11.3. The molecule has 0 aliphatic carbocycles. The molecule has 1 aromatic carbocycles. The van der Waals surface area contributed by atoms with E-state index in [1.807, 2.05) is 0 Å². The summed E-state index contributed by atoms with van der Waals surface area (Å²) in [6, 6.07) is 2.08. The SMILES string of the molecule is O=C(CN1CSCC1=O)NC(C(=O)O)c1ccc(Cl)c(F)c1. The molecular weight excluding hydrogens is 335 g/mol. The molecule has 2 amide bonds. The first-order valence-electron chi connectivity index (χ1n) is 6.21. The van der Waals surface area contributed by atoms with Gasteiger partial charge in [0.05, 0.1) is 16.7 Å². The number of carbonyl (C=O) groups is 3. The summed E-state index contributed by atoms with van der Waals surface area (Å²) in [7, 11) is 0. The van der Waals surface area contributed by atoms with Crippen molar-refractivity contribution < 1.29 is 23.9 Å². The molecule has 1 aromatic rings. The highest BCUT2D eigenvalue weighted by Crippen LogP contribution is 2.21. The highest BCUT2D eigenvalue weighted by molar-refractivity contribution is 8.00. The number of carboxylic acid groups (broad SMARTS) is 1. The van der Waals surface area contributed by atoms with Crippen LogP contribution in [0.15, 0.2) is 18.2 Å². The van der Waals surface area contributed by atoms with Crippen molar-refractivity contribution in [1.29, 1.82) is 0 Å². The van der Waals surface area contributed by atoms with Gasteiger partial charge in [0.1, 0.15) is 12.4 Å². The Morgan fingerprint density at radius 1 is 1.50 bits per heavy atom. The van der Waals surface area contributed by atoms with Gasteiger partial charge in [-0.25, -0.2) is 9.18 Å². The summed E-state index contributed by atoms with van der Waals surface area (Å²) in [5.74, 6) is -2.22. The molecule has 0 aromatic heterocycles. The molecule has 0 saturated carbocycles. The lowest BCUT2D eigenvalue weighted by Crippen LogP contribution is -2.41. The zero-order valence-electron chi connectivity index (χ0n) is 11.2. The fourth-order valence-electron chi connectivity index (χ4n) is 1.90. The van der Waals surface area contributed by atoms with Gasteiger partial charge in [-0.2, -0.15) is 0 Å². The minimum Gasteiger partial charge on any atom is -0.479 e. The van der Waals surface area contributed by atoms with Crippen LogP contribution in [0, 0.1) is 5.82 Å². The third-order valence-corrected chi connectivity index (χ3v) is 4.24. The molecule has 2 rings (SSSR count). The molecule has 0 spiro atoms. The molecule has 1 unspecified atom stereocenters. The number of thioether (sulfide) groups is 1. The summed E-state index contributed by atoms with van der Waals surface area (Å²) in [5.41, 5.74) is 0.0601. The van der Waals surface area contributed by atoms with E-state index in [1.165, 1.54) is 28.8 Å². The molecule has 0 radical (unpaired) electrons. The number of carbonyl (C=O) groups excluding carboxylic acids is 2. The first-order chi connectivity index (χ1) is 10.4. The maximum absolute atomic E-state index is 13.4. The molecule has 118 valence electrons. The molecule has 1 aliphatic heterocycles. The highest BCUT2D eigenvalue weighted by Gasteiger charge is 2.27. The first-order valence-corrected chi connectivity index (χ1v) is 7.74. The number of hydrogen-bond donors (Lipinski definition) is 2. The van der Waals surface area contributed by atoms with Crippen LogP contribution in [0.25, 0.3) is 0 Å². The van der Waals surface area contributed by atoms with E-state index in [4.69, 9.17) is 11.6 Å². The Kier molecular flexibility index (Phi) is 5.25. The summed E-state index contributed by atoms with van der Waals surface area (Å²) < 4.78 is 13.4. The topological polar surface area (TPSA) is 86.7 Å². The van der Waals surface area contributed by atoms with Gasteiger partial charge in [-0.05, 0) is 17.7 Å². The highest BCUT2D eigenvalue weighted by atomic mass is 35.5. The lowest BCUT2D eigenvalue weighted by molar-refractivity contribution is -0.142. The fourth-order valence-corrected chi connectivity index (χ4v) is 2.92. The van der Waals surface area contributed by atoms with E-state index in [-0.39, 0.29) is 23.0 Å². The number of hydrogen-bond acceptors (Lipinski definition) is 4. The molecule has 22 heavy (non-hydrogen) atoms. The van der Waals surface area contributed by atoms with Gasteiger partial charge >= 0.3 is 5.97 Å². The standard InChI is InChI=1S/C13H12ClFN2O4S/c14-8-2-1-7(3-9(8)15)12(13(20)21)16-10(18)4-17-6-22-5-11(17)19/h1-3,12H,4-6H2,(H,16,18)(H,20,21). The van der Waals surface area contributed by atoms with Gasteiger partial charge in [-0.15, -0.1) is 11.8 Å². The van der Waals surface area contributed by atoms with Crippen LogP contribution in [-0.4, -0.2) is 46.0 Å². The number of aliphatic carboxylic acids is 1. The number of rotatable bonds is 5. The van der Waals surface area contributed by atoms with Gasteiger partial charge in [0.25, 0.3) is 0 Å². The molecule has 2 N–H and O–H groups in total. The maximum atomic E-state index is 13.4. The van der Waals surface area contributed by atoms with E-state index in [9.17, 15) is 23.9 Å². The van der Waals surface area contributed by atoms with Crippen LogP contribution < -0.4 is 5.32 Å². The van der Waals surface area contributed by atoms with Crippen LogP contribution in [0.4, 0.5) is 4.39 Å². The largest absolute Gasteiger partial charge is 0.479 e. The summed E-state index contributed by atoms with van der Waals surface area (Å²) >= 11 is 6.92. The van der Waals surface area contributed by atoms with Crippen LogP contribution in [0.2, 0.25) is 5.02 Å². The van der Waals surface area contributed by atoms with E-state index in [0.717, 1.165) is 6.07 Å². The van der Waals surface area contributed by atoms with Crippen LogP contribution >= 0.6 is 23.4 Å². The second-order valence-corrected chi connectivity index (χ2v) is 5.94. The summed E-state index contributed by atoms with van der Waals surface area (Å²) in [4.78, 5) is 35.9. The lowest BCUT2D eigenvalue weighted by Gasteiger charge is -2.18. The zero-order valence-corrected chi connectivity index (χ0v) is 12.8. The van der Waals surface area contributed by atoms with Crippen LogP contribution in [0.5, 0.6) is 0 Å². The van der Waals surface area contributed by atoms with Crippen molar-refractivity contribution in [3.8, 4) is 0 Å². The van der Waals surface area contributed by atoms with Crippen molar-refractivity contribution in [2.45, 2.75) is 6.04 Å². The lowest BCUT2D eigenvalue weighted by atomic mass is 10.1. The Morgan fingerprint density at radius 3 is 2.77 bits per heavy atom. The predicted molar refractivity (Wildman–Crippen MR) is 79.0 cm³/mol. The van der Waals surface area contributed by atoms with E-state index in [0.29, 0.717) is 11.6 Å². The predicted octanol–water partition coefficient (Wildman–Crippen LogP) is 1.25. The Hall–Kier alpha value is -1.80.